The Morgan fingerprint density at radius 3 is 2.18 bits per heavy atom. The number of amides is 1. The first-order valence-electron chi connectivity index (χ1n) is 8.48. The Kier molecular flexibility index (Phi) is 10.4. The SMILES string of the molecule is O=C(CCCCCNC(=O)c1ccccc1)Oc1ccc(S(=O)(=O)O)cc1.[NaH]. The number of hydrogen-bond donors (Lipinski definition) is 2. The molecule has 0 spiro atoms. The van der Waals surface area contributed by atoms with E-state index in [2.05, 4.69) is 5.32 Å². The zero-order valence-electron chi connectivity index (χ0n) is 14.6. The third kappa shape index (κ3) is 8.53. The maximum absolute atomic E-state index is 11.8. The molecule has 0 aliphatic carbocycles. The molecule has 0 bridgehead atoms. The number of benzene rings is 2. The van der Waals surface area contributed by atoms with E-state index in [0.29, 0.717) is 18.5 Å². The van der Waals surface area contributed by atoms with E-state index >= 15 is 0 Å². The normalized spacial score (nSPS) is 10.6. The Morgan fingerprint density at radius 2 is 1.57 bits per heavy atom. The number of carbonyl (C=O) groups is 2. The van der Waals surface area contributed by atoms with E-state index in [9.17, 15) is 18.0 Å². The second-order valence-electron chi connectivity index (χ2n) is 5.85. The molecule has 0 aromatic heterocycles. The number of unbranched alkanes of at least 4 members (excludes halogenated alkanes) is 2. The molecular weight excluding hydrogens is 393 g/mol. The molecule has 0 aliphatic heterocycles. The van der Waals surface area contributed by atoms with Crippen LogP contribution in [0.4, 0.5) is 0 Å². The van der Waals surface area contributed by atoms with Crippen molar-refractivity contribution in [1.29, 1.82) is 0 Å². The van der Waals surface area contributed by atoms with Gasteiger partial charge in [0.25, 0.3) is 16.0 Å². The van der Waals surface area contributed by atoms with E-state index in [-0.39, 0.29) is 52.5 Å². The van der Waals surface area contributed by atoms with E-state index in [4.69, 9.17) is 9.29 Å². The topological polar surface area (TPSA) is 110 Å². The molecule has 0 atom stereocenters. The summed E-state index contributed by atoms with van der Waals surface area (Å²) in [6, 6.07) is 13.9. The predicted molar refractivity (Wildman–Crippen MR) is 106 cm³/mol. The van der Waals surface area contributed by atoms with Crippen LogP contribution in [0.5, 0.6) is 5.75 Å². The second-order valence-corrected chi connectivity index (χ2v) is 7.27. The maximum atomic E-state index is 11.8. The van der Waals surface area contributed by atoms with Gasteiger partial charge >= 0.3 is 35.5 Å². The van der Waals surface area contributed by atoms with Gasteiger partial charge in [0.1, 0.15) is 5.75 Å². The Hall–Kier alpha value is -1.71. The Morgan fingerprint density at radius 1 is 0.929 bits per heavy atom. The first kappa shape index (κ1) is 24.3. The predicted octanol–water partition coefficient (Wildman–Crippen LogP) is 2.18. The quantitative estimate of drug-likeness (QED) is 0.214. The molecule has 7 nitrogen and oxygen atoms in total. The van der Waals surface area contributed by atoms with Crippen LogP contribution in [0.15, 0.2) is 59.5 Å². The molecule has 0 saturated heterocycles. The van der Waals surface area contributed by atoms with Crippen molar-refractivity contribution in [3.63, 3.8) is 0 Å². The van der Waals surface area contributed by atoms with Crippen LogP contribution >= 0.6 is 0 Å². The standard InChI is InChI=1S/C19H21NO6S.Na.H/c21-18(26-16-10-12-17(13-11-16)27(23,24)25)9-5-2-6-14-20-19(22)15-7-3-1-4-8-15;;/h1,3-4,7-8,10-13H,2,5-6,9,14H2,(H,20,22)(H,23,24,25);;. The third-order valence-electron chi connectivity index (χ3n) is 3.73. The van der Waals surface area contributed by atoms with Gasteiger partial charge in [0, 0.05) is 18.5 Å². The zero-order chi connectivity index (χ0) is 19.7. The fourth-order valence-electron chi connectivity index (χ4n) is 2.33. The average Bonchev–Trinajstić information content (AvgIpc) is 2.64. The fourth-order valence-corrected chi connectivity index (χ4v) is 2.81. The van der Waals surface area contributed by atoms with Crippen molar-refractivity contribution in [2.45, 2.75) is 30.6 Å². The molecule has 2 aromatic rings. The van der Waals surface area contributed by atoms with E-state index < -0.39 is 16.1 Å². The van der Waals surface area contributed by atoms with Gasteiger partial charge < -0.3 is 10.1 Å². The van der Waals surface area contributed by atoms with Crippen molar-refractivity contribution >= 4 is 51.6 Å². The summed E-state index contributed by atoms with van der Waals surface area (Å²) in [5.74, 6) is -0.339. The summed E-state index contributed by atoms with van der Waals surface area (Å²) >= 11 is 0. The van der Waals surface area contributed by atoms with Crippen molar-refractivity contribution in [1.82, 2.24) is 5.32 Å². The number of ether oxygens (including phenoxy) is 1. The number of esters is 1. The molecule has 0 radical (unpaired) electrons. The average molecular weight is 415 g/mol. The van der Waals surface area contributed by atoms with Crippen LogP contribution in [-0.4, -0.2) is 60.9 Å². The molecule has 146 valence electrons. The second kappa shape index (κ2) is 12.0. The monoisotopic (exact) mass is 415 g/mol. The third-order valence-corrected chi connectivity index (χ3v) is 4.60. The van der Waals surface area contributed by atoms with Crippen LogP contribution in [0.2, 0.25) is 0 Å². The molecule has 0 unspecified atom stereocenters. The minimum atomic E-state index is -4.27. The van der Waals surface area contributed by atoms with Gasteiger partial charge in [0.15, 0.2) is 0 Å². The first-order chi connectivity index (χ1) is 12.9. The minimum absolute atomic E-state index is 0. The molecule has 2 aromatic carbocycles. The van der Waals surface area contributed by atoms with Gasteiger partial charge in [-0.15, -0.1) is 0 Å². The van der Waals surface area contributed by atoms with E-state index in [0.717, 1.165) is 25.0 Å². The molecule has 0 saturated carbocycles. The Balaban J connectivity index is 0.00000392. The molecular formula is C19H22NNaO6S. The Bertz CT molecular complexity index is 869. The summed E-state index contributed by atoms with van der Waals surface area (Å²) in [5, 5.41) is 2.82. The van der Waals surface area contributed by atoms with Crippen LogP contribution in [-0.2, 0) is 14.9 Å². The Labute approximate surface area is 186 Å². The van der Waals surface area contributed by atoms with Crippen LogP contribution in [0, 0.1) is 0 Å². The molecule has 2 rings (SSSR count). The van der Waals surface area contributed by atoms with E-state index in [1.807, 2.05) is 6.07 Å². The summed E-state index contributed by atoms with van der Waals surface area (Å²) in [6.07, 6.45) is 2.33. The zero-order valence-corrected chi connectivity index (χ0v) is 15.4. The van der Waals surface area contributed by atoms with Crippen LogP contribution < -0.4 is 10.1 Å². The van der Waals surface area contributed by atoms with Gasteiger partial charge in [-0.2, -0.15) is 8.42 Å². The number of nitrogens with one attached hydrogen (secondary N) is 1. The molecule has 0 fully saturated rings. The van der Waals surface area contributed by atoms with Gasteiger partial charge in [-0.05, 0) is 49.2 Å². The van der Waals surface area contributed by atoms with Gasteiger partial charge in [0.2, 0.25) is 0 Å². The van der Waals surface area contributed by atoms with Crippen LogP contribution in [0.3, 0.4) is 0 Å². The van der Waals surface area contributed by atoms with E-state index in [1.54, 1.807) is 24.3 Å². The number of hydrogen-bond acceptors (Lipinski definition) is 5. The van der Waals surface area contributed by atoms with Gasteiger partial charge in [-0.1, -0.05) is 24.6 Å². The summed E-state index contributed by atoms with van der Waals surface area (Å²) in [5.41, 5.74) is 0.612. The van der Waals surface area contributed by atoms with Gasteiger partial charge in [0.05, 0.1) is 4.90 Å². The summed E-state index contributed by atoms with van der Waals surface area (Å²) < 4.78 is 35.9. The van der Waals surface area contributed by atoms with Crippen molar-refractivity contribution < 1.29 is 27.3 Å². The molecule has 28 heavy (non-hydrogen) atoms. The van der Waals surface area contributed by atoms with Crippen molar-refractivity contribution in [3.05, 3.63) is 60.2 Å². The van der Waals surface area contributed by atoms with Crippen molar-refractivity contribution in [2.75, 3.05) is 6.54 Å². The molecule has 9 heteroatoms. The molecule has 1 amide bonds. The van der Waals surface area contributed by atoms with Crippen molar-refractivity contribution in [3.8, 4) is 5.75 Å². The summed E-state index contributed by atoms with van der Waals surface area (Å²) in [6.45, 7) is 0.528. The van der Waals surface area contributed by atoms with Crippen LogP contribution in [0.1, 0.15) is 36.0 Å². The van der Waals surface area contributed by atoms with Crippen molar-refractivity contribution in [2.24, 2.45) is 0 Å². The van der Waals surface area contributed by atoms with Gasteiger partial charge in [-0.25, -0.2) is 0 Å². The molecule has 0 aliphatic rings. The number of carbonyl (C=O) groups excluding carboxylic acids is 2. The molecule has 0 heterocycles. The van der Waals surface area contributed by atoms with Gasteiger partial charge in [-0.3, -0.25) is 14.1 Å². The summed E-state index contributed by atoms with van der Waals surface area (Å²) in [4.78, 5) is 23.3. The van der Waals surface area contributed by atoms with E-state index in [1.165, 1.54) is 12.1 Å². The fraction of sp³-hybridized carbons (Fsp3) is 0.263. The van der Waals surface area contributed by atoms with Crippen LogP contribution in [0.25, 0.3) is 0 Å². The first-order valence-corrected chi connectivity index (χ1v) is 9.92. The molecule has 2 N–H and O–H groups in total. The summed E-state index contributed by atoms with van der Waals surface area (Å²) in [7, 11) is -4.27. The number of rotatable bonds is 9.